The predicted molar refractivity (Wildman–Crippen MR) is 136 cm³/mol. The van der Waals surface area contributed by atoms with Crippen LogP contribution in [0.3, 0.4) is 0 Å². The van der Waals surface area contributed by atoms with Gasteiger partial charge in [0.15, 0.2) is 0 Å². The number of methoxy groups -OCH3 is 1. The topological polar surface area (TPSA) is 106 Å². The molecule has 1 fully saturated rings. The Hall–Kier alpha value is -3.63. The number of esters is 1. The first kappa shape index (κ1) is 24.5. The predicted octanol–water partition coefficient (Wildman–Crippen LogP) is 3.98. The van der Waals surface area contributed by atoms with Crippen LogP contribution in [-0.4, -0.2) is 61.6 Å². The molecule has 2 heterocycles. The summed E-state index contributed by atoms with van der Waals surface area (Å²) in [5, 5.41) is 5.58. The molecule has 1 aliphatic heterocycles. The van der Waals surface area contributed by atoms with E-state index in [1.165, 1.54) is 25.2 Å². The molecule has 0 bridgehead atoms. The minimum absolute atomic E-state index is 0.357. The molecule has 0 radical (unpaired) electrons. The van der Waals surface area contributed by atoms with Crippen LogP contribution in [0.4, 0.5) is 22.0 Å². The minimum atomic E-state index is -0.738. The van der Waals surface area contributed by atoms with E-state index < -0.39 is 11.9 Å². The molecule has 1 unspecified atom stereocenters. The zero-order valence-electron chi connectivity index (χ0n) is 19.6. The van der Waals surface area contributed by atoms with E-state index in [-0.39, 0.29) is 6.03 Å². The molecule has 3 aromatic rings. The van der Waals surface area contributed by atoms with Crippen LogP contribution >= 0.6 is 11.8 Å². The van der Waals surface area contributed by atoms with E-state index in [2.05, 4.69) is 25.5 Å². The van der Waals surface area contributed by atoms with E-state index in [9.17, 15) is 9.59 Å². The van der Waals surface area contributed by atoms with Gasteiger partial charge in [0.2, 0.25) is 0 Å². The molecule has 0 saturated carbocycles. The molecule has 4 rings (SSSR count). The second-order valence-electron chi connectivity index (χ2n) is 7.74. The Balaban J connectivity index is 1.58. The molecule has 1 aliphatic rings. The van der Waals surface area contributed by atoms with E-state index in [0.29, 0.717) is 35.8 Å². The lowest BCUT2D eigenvalue weighted by atomic mass is 9.95. The molecular formula is C25H27N5O4S. The smallest absolute Gasteiger partial charge is 0.323 e. The third-order valence-corrected chi connectivity index (χ3v) is 6.37. The van der Waals surface area contributed by atoms with Gasteiger partial charge in [0.05, 0.1) is 30.9 Å². The number of nitrogens with zero attached hydrogens (tertiary/aromatic N) is 3. The van der Waals surface area contributed by atoms with E-state index >= 15 is 0 Å². The molecule has 9 nitrogen and oxygen atoms in total. The van der Waals surface area contributed by atoms with E-state index in [4.69, 9.17) is 9.47 Å². The van der Waals surface area contributed by atoms with Crippen molar-refractivity contribution in [3.05, 3.63) is 72.2 Å². The normalized spacial score (nSPS) is 14.2. The van der Waals surface area contributed by atoms with Crippen molar-refractivity contribution in [3.63, 3.8) is 0 Å². The van der Waals surface area contributed by atoms with Gasteiger partial charge >= 0.3 is 12.0 Å². The maximum atomic E-state index is 12.9. The van der Waals surface area contributed by atoms with Crippen LogP contribution in [0.2, 0.25) is 0 Å². The summed E-state index contributed by atoms with van der Waals surface area (Å²) >= 11 is 1.50. The van der Waals surface area contributed by atoms with Crippen LogP contribution in [0.25, 0.3) is 0 Å². The van der Waals surface area contributed by atoms with Gasteiger partial charge in [0.1, 0.15) is 18.1 Å². The number of benzene rings is 2. The molecule has 1 atom stereocenters. The zero-order chi connectivity index (χ0) is 24.6. The van der Waals surface area contributed by atoms with Crippen LogP contribution in [-0.2, 0) is 14.3 Å². The van der Waals surface area contributed by atoms with Gasteiger partial charge in [-0.2, -0.15) is 0 Å². The minimum Gasteiger partial charge on any atom is -0.468 e. The fraction of sp³-hybridized carbons (Fsp3) is 0.280. The summed E-state index contributed by atoms with van der Waals surface area (Å²) in [6.45, 7) is 2.69. The molecule has 2 amide bonds. The van der Waals surface area contributed by atoms with Gasteiger partial charge in [0.25, 0.3) is 0 Å². The number of amides is 2. The lowest BCUT2D eigenvalue weighted by Crippen LogP contribution is -2.37. The highest BCUT2D eigenvalue weighted by Crippen LogP contribution is 2.37. The number of thioether (sulfide) groups is 1. The van der Waals surface area contributed by atoms with Crippen LogP contribution in [0.1, 0.15) is 17.2 Å². The van der Waals surface area contributed by atoms with Crippen molar-refractivity contribution >= 4 is 41.0 Å². The number of morpholine rings is 1. The number of aromatic nitrogens is 2. The Morgan fingerprint density at radius 2 is 1.66 bits per heavy atom. The summed E-state index contributed by atoms with van der Waals surface area (Å²) < 4.78 is 10.6. The molecule has 2 aromatic carbocycles. The van der Waals surface area contributed by atoms with Gasteiger partial charge in [-0.3, -0.25) is 4.79 Å². The molecule has 182 valence electrons. The average Bonchev–Trinajstić information content (AvgIpc) is 2.90. The average molecular weight is 494 g/mol. The van der Waals surface area contributed by atoms with Crippen LogP contribution in [0.15, 0.2) is 65.8 Å². The maximum absolute atomic E-state index is 12.9. The summed E-state index contributed by atoms with van der Waals surface area (Å²) in [5.41, 5.74) is 2.57. The van der Waals surface area contributed by atoms with Crippen molar-refractivity contribution in [2.45, 2.75) is 10.8 Å². The van der Waals surface area contributed by atoms with Crippen LogP contribution in [0.5, 0.6) is 0 Å². The second kappa shape index (κ2) is 11.7. The Labute approximate surface area is 208 Å². The summed E-state index contributed by atoms with van der Waals surface area (Å²) in [6, 6.07) is 15.9. The van der Waals surface area contributed by atoms with Crippen molar-refractivity contribution in [1.29, 1.82) is 0 Å². The van der Waals surface area contributed by atoms with Crippen molar-refractivity contribution < 1.29 is 19.1 Å². The van der Waals surface area contributed by atoms with E-state index in [0.717, 1.165) is 23.8 Å². The summed E-state index contributed by atoms with van der Waals surface area (Å²) in [7, 11) is 1.36. The van der Waals surface area contributed by atoms with Gasteiger partial charge < -0.3 is 25.0 Å². The molecule has 10 heteroatoms. The quantitative estimate of drug-likeness (QED) is 0.376. The number of rotatable bonds is 7. The zero-order valence-corrected chi connectivity index (χ0v) is 20.4. The number of para-hydroxylation sites is 1. The molecule has 35 heavy (non-hydrogen) atoms. The molecule has 1 aromatic heterocycles. The fourth-order valence-corrected chi connectivity index (χ4v) is 4.62. The standard InChI is InChI=1S/C25H27N5O4S/c1-33-24(31)20(21-22(35-2)23(27-16-26-21)30-12-14-34-15-13-30)17-8-10-19(11-9-17)29-25(32)28-18-6-4-3-5-7-18/h3-11,16,20H,12-15H2,1-2H3,(H2,28,29,32). The summed E-state index contributed by atoms with van der Waals surface area (Å²) in [6.07, 6.45) is 3.43. The third-order valence-electron chi connectivity index (χ3n) is 5.57. The first-order valence-electron chi connectivity index (χ1n) is 11.1. The monoisotopic (exact) mass is 493 g/mol. The Kier molecular flexibility index (Phi) is 8.17. The Morgan fingerprint density at radius 1 is 1.00 bits per heavy atom. The number of nitrogens with one attached hydrogen (secondary N) is 2. The number of hydrogen-bond donors (Lipinski definition) is 2. The van der Waals surface area contributed by atoms with Gasteiger partial charge in [-0.05, 0) is 36.1 Å². The van der Waals surface area contributed by atoms with Crippen molar-refractivity contribution in [2.75, 3.05) is 55.2 Å². The van der Waals surface area contributed by atoms with Crippen LogP contribution < -0.4 is 15.5 Å². The maximum Gasteiger partial charge on any atom is 0.323 e. The van der Waals surface area contributed by atoms with E-state index in [1.54, 1.807) is 36.4 Å². The largest absolute Gasteiger partial charge is 0.468 e. The number of carbonyl (C=O) groups is 2. The second-order valence-corrected chi connectivity index (χ2v) is 8.56. The SMILES string of the molecule is COC(=O)C(c1ccc(NC(=O)Nc2ccccc2)cc1)c1ncnc(N2CCOCC2)c1SC. The van der Waals surface area contributed by atoms with Crippen LogP contribution in [0, 0.1) is 0 Å². The van der Waals surface area contributed by atoms with E-state index in [1.807, 2.05) is 24.5 Å². The highest BCUT2D eigenvalue weighted by atomic mass is 32.2. The number of hydrogen-bond acceptors (Lipinski definition) is 8. The van der Waals surface area contributed by atoms with Crippen molar-refractivity contribution in [1.82, 2.24) is 9.97 Å². The Morgan fingerprint density at radius 3 is 2.29 bits per heavy atom. The van der Waals surface area contributed by atoms with Gasteiger partial charge in [-0.25, -0.2) is 14.8 Å². The highest BCUT2D eigenvalue weighted by molar-refractivity contribution is 7.98. The molecule has 0 spiro atoms. The number of anilines is 3. The number of ether oxygens (including phenoxy) is 2. The molecule has 1 saturated heterocycles. The summed E-state index contributed by atoms with van der Waals surface area (Å²) in [5.74, 6) is -0.373. The van der Waals surface area contributed by atoms with Gasteiger partial charge in [-0.1, -0.05) is 30.3 Å². The first-order chi connectivity index (χ1) is 17.1. The first-order valence-corrected chi connectivity index (χ1v) is 12.4. The molecule has 2 N–H and O–H groups in total. The number of urea groups is 1. The fourth-order valence-electron chi connectivity index (χ4n) is 3.88. The lowest BCUT2D eigenvalue weighted by Gasteiger charge is -2.30. The third kappa shape index (κ3) is 5.90. The Bertz CT molecular complexity index is 1150. The van der Waals surface area contributed by atoms with Gasteiger partial charge in [-0.15, -0.1) is 11.8 Å². The lowest BCUT2D eigenvalue weighted by molar-refractivity contribution is -0.141. The molecule has 0 aliphatic carbocycles. The summed E-state index contributed by atoms with van der Waals surface area (Å²) in [4.78, 5) is 37.2. The van der Waals surface area contributed by atoms with Gasteiger partial charge in [0, 0.05) is 24.5 Å². The highest BCUT2D eigenvalue weighted by Gasteiger charge is 2.30. The van der Waals surface area contributed by atoms with Crippen molar-refractivity contribution in [3.8, 4) is 0 Å². The number of carbonyl (C=O) groups excluding carboxylic acids is 2. The molecular weight excluding hydrogens is 466 g/mol. The van der Waals surface area contributed by atoms with Crippen molar-refractivity contribution in [2.24, 2.45) is 0 Å².